The number of benzene rings is 3. The molecular weight excluding hydrogens is 384 g/mol. The van der Waals surface area contributed by atoms with Gasteiger partial charge in [0.25, 0.3) is 0 Å². The molecule has 0 saturated heterocycles. The maximum atomic E-state index is 2.47. The van der Waals surface area contributed by atoms with Crippen molar-refractivity contribution in [2.24, 2.45) is 0 Å². The number of allylic oxidation sites excluding steroid dienone is 3. The topological polar surface area (TPSA) is 0 Å². The minimum absolute atomic E-state index is 0.356. The number of rotatable bonds is 6. The maximum absolute atomic E-state index is 2.47. The second kappa shape index (κ2) is 8.58. The highest BCUT2D eigenvalue weighted by Gasteiger charge is 2.35. The first-order valence-corrected chi connectivity index (χ1v) is 12.5. The SMILES string of the molecule is CCC1=Cc2ccc(C3C(CC)=C(CC)c4ccccc43)c(-c3ccccc3)c2C1CC. The molecule has 0 heterocycles. The summed E-state index contributed by atoms with van der Waals surface area (Å²) in [6.07, 6.45) is 6.96. The maximum Gasteiger partial charge on any atom is 0.0317 e. The summed E-state index contributed by atoms with van der Waals surface area (Å²) >= 11 is 0. The lowest BCUT2D eigenvalue weighted by molar-refractivity contribution is 0.747. The van der Waals surface area contributed by atoms with Crippen LogP contribution < -0.4 is 0 Å². The van der Waals surface area contributed by atoms with E-state index >= 15 is 0 Å². The van der Waals surface area contributed by atoms with Gasteiger partial charge in [-0.15, -0.1) is 0 Å². The molecule has 162 valence electrons. The average molecular weight is 419 g/mol. The van der Waals surface area contributed by atoms with Gasteiger partial charge in [-0.2, -0.15) is 0 Å². The first kappa shape index (κ1) is 21.0. The van der Waals surface area contributed by atoms with Crippen molar-refractivity contribution >= 4 is 11.6 Å². The quantitative estimate of drug-likeness (QED) is 0.374. The Morgan fingerprint density at radius 1 is 0.688 bits per heavy atom. The van der Waals surface area contributed by atoms with Crippen LogP contribution in [-0.4, -0.2) is 0 Å². The van der Waals surface area contributed by atoms with Crippen molar-refractivity contribution in [3.05, 3.63) is 106 Å². The number of hydrogen-bond acceptors (Lipinski definition) is 0. The Kier molecular flexibility index (Phi) is 5.64. The van der Waals surface area contributed by atoms with E-state index in [4.69, 9.17) is 0 Å². The van der Waals surface area contributed by atoms with Crippen LogP contribution in [0, 0.1) is 0 Å². The second-order valence-electron chi connectivity index (χ2n) is 9.16. The molecule has 0 saturated carbocycles. The zero-order valence-electron chi connectivity index (χ0n) is 19.9. The molecular formula is C32H34. The monoisotopic (exact) mass is 418 g/mol. The lowest BCUT2D eigenvalue weighted by atomic mass is 9.77. The van der Waals surface area contributed by atoms with Crippen molar-refractivity contribution < 1.29 is 0 Å². The van der Waals surface area contributed by atoms with Crippen LogP contribution in [0.1, 0.15) is 93.0 Å². The molecule has 0 aliphatic heterocycles. The van der Waals surface area contributed by atoms with Gasteiger partial charge in [0.05, 0.1) is 0 Å². The van der Waals surface area contributed by atoms with Crippen LogP contribution in [0.25, 0.3) is 22.8 Å². The third-order valence-electron chi connectivity index (χ3n) is 7.71. The molecule has 0 heteroatoms. The molecule has 0 spiro atoms. The van der Waals surface area contributed by atoms with Crippen LogP contribution in [-0.2, 0) is 0 Å². The molecule has 2 aliphatic carbocycles. The molecule has 0 fully saturated rings. The van der Waals surface area contributed by atoms with Gasteiger partial charge in [0.15, 0.2) is 0 Å². The summed E-state index contributed by atoms with van der Waals surface area (Å²) in [5.74, 6) is 0.886. The Labute approximate surface area is 193 Å². The predicted octanol–water partition coefficient (Wildman–Crippen LogP) is 9.37. The third-order valence-corrected chi connectivity index (χ3v) is 7.71. The van der Waals surface area contributed by atoms with E-state index in [-0.39, 0.29) is 0 Å². The van der Waals surface area contributed by atoms with Crippen molar-refractivity contribution in [3.8, 4) is 11.1 Å². The van der Waals surface area contributed by atoms with Gasteiger partial charge in [0.1, 0.15) is 0 Å². The fraction of sp³-hybridized carbons (Fsp3) is 0.312. The minimum atomic E-state index is 0.356. The fourth-order valence-electron chi connectivity index (χ4n) is 6.37. The lowest BCUT2D eigenvalue weighted by Gasteiger charge is -2.26. The minimum Gasteiger partial charge on any atom is -0.0645 e. The van der Waals surface area contributed by atoms with Gasteiger partial charge in [0.2, 0.25) is 0 Å². The van der Waals surface area contributed by atoms with E-state index in [1.165, 1.54) is 33.4 Å². The average Bonchev–Trinajstić information content (AvgIpc) is 3.38. The predicted molar refractivity (Wildman–Crippen MR) is 139 cm³/mol. The van der Waals surface area contributed by atoms with Crippen molar-refractivity contribution in [1.29, 1.82) is 0 Å². The zero-order chi connectivity index (χ0) is 22.2. The van der Waals surface area contributed by atoms with Gasteiger partial charge < -0.3 is 0 Å². The standard InChI is InChI=1S/C32H34/c1-5-21-20-23-18-19-29(30(31(23)24(21)6-2)22-14-10-9-11-15-22)32-26(8-4)25(7-3)27-16-12-13-17-28(27)32/h9-20,24,32H,5-8H2,1-4H3. The summed E-state index contributed by atoms with van der Waals surface area (Å²) in [4.78, 5) is 0. The molecule has 3 aromatic carbocycles. The van der Waals surface area contributed by atoms with Gasteiger partial charge in [-0.1, -0.05) is 112 Å². The number of hydrogen-bond donors (Lipinski definition) is 0. The Balaban J connectivity index is 1.82. The van der Waals surface area contributed by atoms with Crippen molar-refractivity contribution in [2.45, 2.75) is 65.2 Å². The smallest absolute Gasteiger partial charge is 0.0317 e. The van der Waals surface area contributed by atoms with Crippen LogP contribution in [0.3, 0.4) is 0 Å². The molecule has 0 nitrogen and oxygen atoms in total. The van der Waals surface area contributed by atoms with Crippen LogP contribution in [0.2, 0.25) is 0 Å². The van der Waals surface area contributed by atoms with Gasteiger partial charge >= 0.3 is 0 Å². The van der Waals surface area contributed by atoms with Crippen LogP contribution in [0.4, 0.5) is 0 Å². The first-order valence-electron chi connectivity index (χ1n) is 12.5. The normalized spacial score (nSPS) is 19.2. The second-order valence-corrected chi connectivity index (χ2v) is 9.16. The molecule has 2 aliphatic rings. The van der Waals surface area contributed by atoms with E-state index in [1.54, 1.807) is 22.3 Å². The molecule has 0 aromatic heterocycles. The third kappa shape index (κ3) is 3.12. The fourth-order valence-corrected chi connectivity index (χ4v) is 6.37. The van der Waals surface area contributed by atoms with Gasteiger partial charge in [0, 0.05) is 11.8 Å². The summed E-state index contributed by atoms with van der Waals surface area (Å²) in [5, 5.41) is 0. The Bertz CT molecular complexity index is 1210. The molecule has 0 amide bonds. The molecule has 3 aromatic rings. The van der Waals surface area contributed by atoms with Gasteiger partial charge in [-0.3, -0.25) is 0 Å². The van der Waals surface area contributed by atoms with Gasteiger partial charge in [-0.05, 0) is 70.2 Å². The highest BCUT2D eigenvalue weighted by atomic mass is 14.4. The van der Waals surface area contributed by atoms with E-state index in [1.807, 2.05) is 0 Å². The van der Waals surface area contributed by atoms with Crippen LogP contribution in [0.15, 0.2) is 77.9 Å². The molecule has 32 heavy (non-hydrogen) atoms. The number of fused-ring (bicyclic) bond motifs is 2. The lowest BCUT2D eigenvalue weighted by Crippen LogP contribution is -2.08. The molecule has 2 atom stereocenters. The van der Waals surface area contributed by atoms with Gasteiger partial charge in [-0.25, -0.2) is 0 Å². The Morgan fingerprint density at radius 2 is 1.44 bits per heavy atom. The Hall–Kier alpha value is -2.86. The van der Waals surface area contributed by atoms with Crippen LogP contribution >= 0.6 is 0 Å². The van der Waals surface area contributed by atoms with Crippen LogP contribution in [0.5, 0.6) is 0 Å². The van der Waals surface area contributed by atoms with E-state index in [9.17, 15) is 0 Å². The van der Waals surface area contributed by atoms with Crippen molar-refractivity contribution in [2.75, 3.05) is 0 Å². The summed E-state index contributed by atoms with van der Waals surface area (Å²) in [6, 6.07) is 25.1. The van der Waals surface area contributed by atoms with E-state index < -0.39 is 0 Å². The molecule has 0 N–H and O–H groups in total. The van der Waals surface area contributed by atoms with E-state index in [0.717, 1.165) is 25.7 Å². The zero-order valence-corrected chi connectivity index (χ0v) is 19.9. The molecule has 5 rings (SSSR count). The Morgan fingerprint density at radius 3 is 2.12 bits per heavy atom. The summed E-state index contributed by atoms with van der Waals surface area (Å²) in [6.45, 7) is 9.31. The highest BCUT2D eigenvalue weighted by molar-refractivity contribution is 5.86. The molecule has 0 bridgehead atoms. The summed E-state index contributed by atoms with van der Waals surface area (Å²) in [7, 11) is 0. The summed E-state index contributed by atoms with van der Waals surface area (Å²) < 4.78 is 0. The summed E-state index contributed by atoms with van der Waals surface area (Å²) in [5.41, 5.74) is 15.1. The molecule has 2 unspecified atom stereocenters. The van der Waals surface area contributed by atoms with Crippen molar-refractivity contribution in [1.82, 2.24) is 0 Å². The van der Waals surface area contributed by atoms with E-state index in [0.29, 0.717) is 11.8 Å². The molecule has 0 radical (unpaired) electrons. The first-order chi connectivity index (χ1) is 15.7. The van der Waals surface area contributed by atoms with Crippen molar-refractivity contribution in [3.63, 3.8) is 0 Å². The van der Waals surface area contributed by atoms with E-state index in [2.05, 4.69) is 101 Å². The largest absolute Gasteiger partial charge is 0.0645 e. The highest BCUT2D eigenvalue weighted by Crippen LogP contribution is 2.53.